The average Bonchev–Trinajstić information content (AvgIpc) is 1.62. The molecule has 54 valence electrons. The lowest BCUT2D eigenvalue weighted by Crippen LogP contribution is -1.99. The summed E-state index contributed by atoms with van der Waals surface area (Å²) in [6.07, 6.45) is 0. The molecule has 0 bridgehead atoms. The van der Waals surface area contributed by atoms with Gasteiger partial charge in [0.15, 0.2) is 0 Å². The number of hydrogen-bond acceptors (Lipinski definition) is 2. The zero-order chi connectivity index (χ0) is 7.65. The molecule has 0 amide bonds. The molecular formula is C5H10O3S. The van der Waals surface area contributed by atoms with Crippen molar-refractivity contribution in [3.63, 3.8) is 0 Å². The largest absolute Gasteiger partial charge is 0.290 e. The van der Waals surface area contributed by atoms with E-state index in [-0.39, 0.29) is 4.91 Å². The Hall–Kier alpha value is -0.350. The van der Waals surface area contributed by atoms with E-state index in [9.17, 15) is 8.42 Å². The Balaban J connectivity index is 4.86. The summed E-state index contributed by atoms with van der Waals surface area (Å²) < 4.78 is 28.9. The van der Waals surface area contributed by atoms with Crippen LogP contribution in [-0.2, 0) is 10.1 Å². The van der Waals surface area contributed by atoms with Crippen molar-refractivity contribution >= 4 is 10.1 Å². The molecule has 0 spiro atoms. The number of hydrogen-bond donors (Lipinski definition) is 1. The zero-order valence-electron chi connectivity index (χ0n) is 5.67. The van der Waals surface area contributed by atoms with E-state index in [1.807, 2.05) is 0 Å². The maximum atomic E-state index is 10.3. The molecule has 0 radical (unpaired) electrons. The second kappa shape index (κ2) is 2.49. The molecule has 0 aliphatic rings. The average molecular weight is 150 g/mol. The summed E-state index contributed by atoms with van der Waals surface area (Å²) in [5, 5.41) is 0. The third kappa shape index (κ3) is 2.62. The number of rotatable bonds is 1. The minimum Gasteiger partial charge on any atom is -0.282 e. The Kier molecular flexibility index (Phi) is 2.40. The highest BCUT2D eigenvalue weighted by atomic mass is 32.2. The summed E-state index contributed by atoms with van der Waals surface area (Å²) in [5.74, 6) is 0. The van der Waals surface area contributed by atoms with Crippen molar-refractivity contribution in [3.8, 4) is 0 Å². The van der Waals surface area contributed by atoms with Crippen LogP contribution in [0.2, 0.25) is 0 Å². The second-order valence-electron chi connectivity index (χ2n) is 2.03. The van der Waals surface area contributed by atoms with Gasteiger partial charge in [0.1, 0.15) is 0 Å². The standard InChI is InChI=1S/C5H10O3S/c1-4(2)5(3)9(6,7)8/h1-3H3,(H,6,7,8). The fourth-order valence-electron chi connectivity index (χ4n) is 0.258. The van der Waals surface area contributed by atoms with Crippen LogP contribution in [0.4, 0.5) is 0 Å². The topological polar surface area (TPSA) is 54.4 Å². The molecule has 0 fully saturated rings. The highest BCUT2D eigenvalue weighted by Gasteiger charge is 2.07. The van der Waals surface area contributed by atoms with Gasteiger partial charge in [-0.05, 0) is 20.8 Å². The first kappa shape index (κ1) is 8.65. The van der Waals surface area contributed by atoms with Crippen LogP contribution < -0.4 is 0 Å². The summed E-state index contributed by atoms with van der Waals surface area (Å²) in [7, 11) is -3.92. The number of allylic oxidation sites excluding steroid dienone is 2. The van der Waals surface area contributed by atoms with Gasteiger partial charge in [0, 0.05) is 0 Å². The van der Waals surface area contributed by atoms with E-state index >= 15 is 0 Å². The third-order valence-corrected chi connectivity index (χ3v) is 2.27. The van der Waals surface area contributed by atoms with E-state index in [1.165, 1.54) is 6.92 Å². The van der Waals surface area contributed by atoms with Crippen LogP contribution in [0, 0.1) is 0 Å². The maximum Gasteiger partial charge on any atom is 0.290 e. The summed E-state index contributed by atoms with van der Waals surface area (Å²) in [4.78, 5) is 0.0301. The van der Waals surface area contributed by atoms with Crippen LogP contribution in [0.1, 0.15) is 20.8 Å². The SMILES string of the molecule is CC(C)=C(C)S(=O)(=O)O. The lowest BCUT2D eigenvalue weighted by atomic mass is 10.3. The quantitative estimate of drug-likeness (QED) is 0.571. The van der Waals surface area contributed by atoms with Crippen molar-refractivity contribution in [2.75, 3.05) is 0 Å². The summed E-state index contributed by atoms with van der Waals surface area (Å²) in [6.45, 7) is 4.62. The Morgan fingerprint density at radius 3 is 1.56 bits per heavy atom. The van der Waals surface area contributed by atoms with Gasteiger partial charge in [0.05, 0.1) is 4.91 Å². The summed E-state index contributed by atoms with van der Waals surface area (Å²) in [5.41, 5.74) is 0.609. The Bertz CT molecular complexity index is 219. The molecular weight excluding hydrogens is 140 g/mol. The zero-order valence-corrected chi connectivity index (χ0v) is 6.49. The molecule has 0 unspecified atom stereocenters. The Morgan fingerprint density at radius 1 is 1.22 bits per heavy atom. The Labute approximate surface area is 55.1 Å². The van der Waals surface area contributed by atoms with Crippen molar-refractivity contribution in [3.05, 3.63) is 10.5 Å². The normalized spacial score (nSPS) is 11.1. The van der Waals surface area contributed by atoms with Gasteiger partial charge in [-0.15, -0.1) is 0 Å². The van der Waals surface area contributed by atoms with Gasteiger partial charge in [0.2, 0.25) is 0 Å². The van der Waals surface area contributed by atoms with E-state index in [1.54, 1.807) is 13.8 Å². The van der Waals surface area contributed by atoms with Crippen LogP contribution in [0.15, 0.2) is 10.5 Å². The fourth-order valence-corrected chi connectivity index (χ4v) is 0.774. The molecule has 1 N–H and O–H groups in total. The van der Waals surface area contributed by atoms with Gasteiger partial charge >= 0.3 is 0 Å². The lowest BCUT2D eigenvalue weighted by molar-refractivity contribution is 0.490. The molecule has 0 saturated carbocycles. The van der Waals surface area contributed by atoms with Gasteiger partial charge < -0.3 is 0 Å². The van der Waals surface area contributed by atoms with Crippen LogP contribution in [-0.4, -0.2) is 13.0 Å². The molecule has 0 aromatic carbocycles. The van der Waals surface area contributed by atoms with Crippen molar-refractivity contribution in [2.45, 2.75) is 20.8 Å². The molecule has 0 aliphatic heterocycles. The van der Waals surface area contributed by atoms with Gasteiger partial charge in [-0.1, -0.05) is 5.57 Å². The molecule has 0 heterocycles. The van der Waals surface area contributed by atoms with Gasteiger partial charge in [-0.2, -0.15) is 8.42 Å². The minimum atomic E-state index is -3.92. The van der Waals surface area contributed by atoms with Crippen molar-refractivity contribution < 1.29 is 13.0 Å². The van der Waals surface area contributed by atoms with Crippen LogP contribution in [0.5, 0.6) is 0 Å². The summed E-state index contributed by atoms with van der Waals surface area (Å²) >= 11 is 0. The van der Waals surface area contributed by atoms with E-state index in [0.29, 0.717) is 5.57 Å². The molecule has 0 aliphatic carbocycles. The van der Waals surface area contributed by atoms with Crippen LogP contribution >= 0.6 is 0 Å². The molecule has 0 aromatic heterocycles. The molecule has 0 atom stereocenters. The minimum absolute atomic E-state index is 0.0301. The first-order valence-electron chi connectivity index (χ1n) is 2.47. The summed E-state index contributed by atoms with van der Waals surface area (Å²) in [6, 6.07) is 0. The van der Waals surface area contributed by atoms with Crippen LogP contribution in [0.25, 0.3) is 0 Å². The molecule has 4 heteroatoms. The van der Waals surface area contributed by atoms with E-state index in [2.05, 4.69) is 0 Å². The maximum absolute atomic E-state index is 10.3. The van der Waals surface area contributed by atoms with E-state index in [4.69, 9.17) is 4.55 Å². The van der Waals surface area contributed by atoms with Crippen LogP contribution in [0.3, 0.4) is 0 Å². The van der Waals surface area contributed by atoms with Crippen molar-refractivity contribution in [2.24, 2.45) is 0 Å². The fraction of sp³-hybridized carbons (Fsp3) is 0.600. The highest BCUT2D eigenvalue weighted by molar-refractivity contribution is 7.89. The van der Waals surface area contributed by atoms with E-state index in [0.717, 1.165) is 0 Å². The first-order valence-corrected chi connectivity index (χ1v) is 3.91. The molecule has 0 aromatic rings. The molecule has 9 heavy (non-hydrogen) atoms. The van der Waals surface area contributed by atoms with E-state index < -0.39 is 10.1 Å². The predicted molar refractivity (Wildman–Crippen MR) is 35.6 cm³/mol. The Morgan fingerprint density at radius 2 is 1.56 bits per heavy atom. The highest BCUT2D eigenvalue weighted by Crippen LogP contribution is 2.07. The second-order valence-corrected chi connectivity index (χ2v) is 3.59. The molecule has 0 saturated heterocycles. The predicted octanol–water partition coefficient (Wildman–Crippen LogP) is 1.19. The van der Waals surface area contributed by atoms with Gasteiger partial charge in [0.25, 0.3) is 10.1 Å². The van der Waals surface area contributed by atoms with Gasteiger partial charge in [-0.25, -0.2) is 0 Å². The van der Waals surface area contributed by atoms with Crippen molar-refractivity contribution in [1.29, 1.82) is 0 Å². The smallest absolute Gasteiger partial charge is 0.282 e. The lowest BCUT2D eigenvalue weighted by Gasteiger charge is -1.96. The van der Waals surface area contributed by atoms with Crippen molar-refractivity contribution in [1.82, 2.24) is 0 Å². The molecule has 3 nitrogen and oxygen atoms in total. The first-order chi connectivity index (χ1) is 3.85. The van der Waals surface area contributed by atoms with Gasteiger partial charge in [-0.3, -0.25) is 4.55 Å². The molecule has 0 rings (SSSR count). The third-order valence-electron chi connectivity index (χ3n) is 1.09. The monoisotopic (exact) mass is 150 g/mol.